The third-order valence-electron chi connectivity index (χ3n) is 5.49. The molecule has 4 N–H and O–H groups in total. The number of ether oxygens (including phenoxy) is 1. The highest BCUT2D eigenvalue weighted by molar-refractivity contribution is 6.03. The van der Waals surface area contributed by atoms with Crippen molar-refractivity contribution in [1.29, 1.82) is 0 Å². The van der Waals surface area contributed by atoms with Crippen LogP contribution in [0.4, 0.5) is 5.82 Å². The molecule has 8 nitrogen and oxygen atoms in total. The number of rotatable bonds is 5. The summed E-state index contributed by atoms with van der Waals surface area (Å²) in [5.74, 6) is 0.992. The van der Waals surface area contributed by atoms with Crippen LogP contribution in [0.3, 0.4) is 0 Å². The molecule has 2 heterocycles. The second kappa shape index (κ2) is 8.51. The Balaban J connectivity index is 1.64. The van der Waals surface area contributed by atoms with Gasteiger partial charge in [0, 0.05) is 25.6 Å². The number of anilines is 1. The second-order valence-electron chi connectivity index (χ2n) is 7.62. The number of primary amides is 1. The van der Waals surface area contributed by atoms with Gasteiger partial charge in [-0.1, -0.05) is 18.2 Å². The fourth-order valence-corrected chi connectivity index (χ4v) is 3.92. The third-order valence-corrected chi connectivity index (χ3v) is 5.49. The van der Waals surface area contributed by atoms with Crippen LogP contribution in [0.25, 0.3) is 11.3 Å². The monoisotopic (exact) mass is 419 g/mol. The molecule has 1 aliphatic rings. The number of nitrogens with zero attached hydrogens (tertiary/aromatic N) is 3. The maximum atomic E-state index is 12.2. The normalized spacial score (nSPS) is 16.2. The van der Waals surface area contributed by atoms with Crippen LogP contribution >= 0.6 is 0 Å². The number of benzene rings is 2. The second-order valence-corrected chi connectivity index (χ2v) is 7.62. The molecule has 31 heavy (non-hydrogen) atoms. The van der Waals surface area contributed by atoms with E-state index in [0.29, 0.717) is 30.1 Å². The molecule has 0 spiro atoms. The maximum absolute atomic E-state index is 12.2. The van der Waals surface area contributed by atoms with Crippen molar-refractivity contribution in [2.75, 3.05) is 18.8 Å². The Hall–Kier alpha value is -3.81. The van der Waals surface area contributed by atoms with Gasteiger partial charge in [-0.15, -0.1) is 0 Å². The summed E-state index contributed by atoms with van der Waals surface area (Å²) in [6.07, 6.45) is 1.66. The highest BCUT2D eigenvalue weighted by atomic mass is 16.5. The van der Waals surface area contributed by atoms with Gasteiger partial charge in [-0.2, -0.15) is 5.10 Å². The van der Waals surface area contributed by atoms with Gasteiger partial charge in [0.15, 0.2) is 0 Å². The first kappa shape index (κ1) is 20.5. The fraction of sp³-hybridized carbons (Fsp3) is 0.261. The number of carbonyl (C=O) groups is 2. The number of hydrogen-bond acceptors (Lipinski definition) is 5. The molecule has 0 saturated carbocycles. The van der Waals surface area contributed by atoms with Gasteiger partial charge in [-0.3, -0.25) is 9.59 Å². The first-order chi connectivity index (χ1) is 14.9. The van der Waals surface area contributed by atoms with Crippen molar-refractivity contribution in [1.82, 2.24) is 14.7 Å². The lowest BCUT2D eigenvalue weighted by molar-refractivity contribution is -0.130. The van der Waals surface area contributed by atoms with Crippen molar-refractivity contribution in [3.63, 3.8) is 0 Å². The van der Waals surface area contributed by atoms with E-state index in [-0.39, 0.29) is 23.3 Å². The number of nitrogens with two attached hydrogens (primary N) is 2. The number of para-hydroxylation sites is 1. The Morgan fingerprint density at radius 3 is 2.39 bits per heavy atom. The molecule has 1 aromatic heterocycles. The van der Waals surface area contributed by atoms with Gasteiger partial charge in [0.25, 0.3) is 5.91 Å². The number of carbonyl (C=O) groups excluding carboxylic acids is 2. The topological polar surface area (TPSA) is 116 Å². The summed E-state index contributed by atoms with van der Waals surface area (Å²) in [7, 11) is 0. The molecule has 160 valence electrons. The van der Waals surface area contributed by atoms with Crippen LogP contribution in [0, 0.1) is 0 Å². The van der Waals surface area contributed by atoms with Crippen molar-refractivity contribution in [3.05, 3.63) is 60.2 Å². The summed E-state index contributed by atoms with van der Waals surface area (Å²) in [5.41, 5.74) is 13.3. The molecule has 2 amide bonds. The van der Waals surface area contributed by atoms with Crippen molar-refractivity contribution in [2.45, 2.75) is 25.8 Å². The average Bonchev–Trinajstić information content (AvgIpc) is 3.12. The molecule has 1 saturated heterocycles. The van der Waals surface area contributed by atoms with Crippen LogP contribution in [-0.4, -0.2) is 39.6 Å². The lowest BCUT2D eigenvalue weighted by atomic mass is 10.1. The van der Waals surface area contributed by atoms with Gasteiger partial charge in [0.1, 0.15) is 28.6 Å². The number of hydrogen-bond donors (Lipinski definition) is 2. The van der Waals surface area contributed by atoms with E-state index >= 15 is 0 Å². The predicted octanol–water partition coefficient (Wildman–Crippen LogP) is 3.21. The van der Waals surface area contributed by atoms with E-state index in [0.717, 1.165) is 18.6 Å². The fourth-order valence-electron chi connectivity index (χ4n) is 3.92. The van der Waals surface area contributed by atoms with E-state index in [2.05, 4.69) is 5.10 Å². The van der Waals surface area contributed by atoms with Crippen LogP contribution in [-0.2, 0) is 4.79 Å². The Bertz CT molecular complexity index is 1090. The van der Waals surface area contributed by atoms with Crippen LogP contribution in [0.1, 0.15) is 36.2 Å². The van der Waals surface area contributed by atoms with Crippen LogP contribution in [0.15, 0.2) is 54.6 Å². The van der Waals surface area contributed by atoms with Crippen LogP contribution < -0.4 is 16.2 Å². The highest BCUT2D eigenvalue weighted by Crippen LogP contribution is 2.33. The predicted molar refractivity (Wildman–Crippen MR) is 118 cm³/mol. The Morgan fingerprint density at radius 1 is 1.06 bits per heavy atom. The molecule has 0 unspecified atom stereocenters. The summed E-state index contributed by atoms with van der Waals surface area (Å²) < 4.78 is 7.46. The van der Waals surface area contributed by atoms with E-state index in [9.17, 15) is 9.59 Å². The molecule has 8 heteroatoms. The number of piperidine rings is 1. The standard InChI is InChI=1S/C23H25N5O3/c1-15(29)27-13-5-6-17(14-27)28-22(24)20(23(25)30)21(26-28)16-9-11-19(12-10-16)31-18-7-3-2-4-8-18/h2-4,7-12,17H,5-6,13-14,24H2,1H3,(H2,25,30)/t17-/m0/s1. The van der Waals surface area contributed by atoms with Crippen molar-refractivity contribution < 1.29 is 14.3 Å². The van der Waals surface area contributed by atoms with Crippen molar-refractivity contribution in [3.8, 4) is 22.8 Å². The van der Waals surface area contributed by atoms with Crippen LogP contribution in [0.2, 0.25) is 0 Å². The van der Waals surface area contributed by atoms with Gasteiger partial charge in [-0.05, 0) is 49.2 Å². The van der Waals surface area contributed by atoms with E-state index < -0.39 is 5.91 Å². The molecule has 0 bridgehead atoms. The number of nitrogen functional groups attached to an aromatic ring is 1. The Kier molecular flexibility index (Phi) is 5.62. The molecule has 0 radical (unpaired) electrons. The van der Waals surface area contributed by atoms with Gasteiger partial charge in [0.2, 0.25) is 5.91 Å². The lowest BCUT2D eigenvalue weighted by Crippen LogP contribution is -2.40. The zero-order chi connectivity index (χ0) is 22.0. The summed E-state index contributed by atoms with van der Waals surface area (Å²) >= 11 is 0. The molecular weight excluding hydrogens is 394 g/mol. The molecular formula is C23H25N5O3. The average molecular weight is 419 g/mol. The Morgan fingerprint density at radius 2 is 1.74 bits per heavy atom. The molecule has 1 atom stereocenters. The molecule has 1 aliphatic heterocycles. The van der Waals surface area contributed by atoms with E-state index in [4.69, 9.17) is 16.2 Å². The number of likely N-dealkylation sites (tertiary alicyclic amines) is 1. The smallest absolute Gasteiger partial charge is 0.254 e. The lowest BCUT2D eigenvalue weighted by Gasteiger charge is -2.32. The summed E-state index contributed by atoms with van der Waals surface area (Å²) in [4.78, 5) is 25.8. The quantitative estimate of drug-likeness (QED) is 0.659. The molecule has 3 aromatic rings. The zero-order valence-electron chi connectivity index (χ0n) is 17.3. The molecule has 1 fully saturated rings. The third kappa shape index (κ3) is 4.23. The van der Waals surface area contributed by atoms with Gasteiger partial charge in [0.05, 0.1) is 6.04 Å². The minimum Gasteiger partial charge on any atom is -0.457 e. The minimum absolute atomic E-state index is 0.0137. The summed E-state index contributed by atoms with van der Waals surface area (Å²) in [5, 5.41) is 4.64. The van der Waals surface area contributed by atoms with Gasteiger partial charge in [-0.25, -0.2) is 4.68 Å². The summed E-state index contributed by atoms with van der Waals surface area (Å²) in [6, 6.07) is 16.6. The molecule has 2 aromatic carbocycles. The minimum atomic E-state index is -0.636. The number of aromatic nitrogens is 2. The Labute approximate surface area is 180 Å². The first-order valence-electron chi connectivity index (χ1n) is 10.2. The van der Waals surface area contributed by atoms with E-state index in [1.165, 1.54) is 0 Å². The maximum Gasteiger partial charge on any atom is 0.254 e. The van der Waals surface area contributed by atoms with E-state index in [1.54, 1.807) is 28.6 Å². The highest BCUT2D eigenvalue weighted by Gasteiger charge is 2.29. The number of amides is 2. The molecule has 4 rings (SSSR count). The van der Waals surface area contributed by atoms with Crippen LogP contribution in [0.5, 0.6) is 11.5 Å². The molecule has 0 aliphatic carbocycles. The first-order valence-corrected chi connectivity index (χ1v) is 10.2. The largest absolute Gasteiger partial charge is 0.457 e. The summed E-state index contributed by atoms with van der Waals surface area (Å²) in [6.45, 7) is 2.77. The van der Waals surface area contributed by atoms with Crippen molar-refractivity contribution in [2.24, 2.45) is 5.73 Å². The van der Waals surface area contributed by atoms with Gasteiger partial charge >= 0.3 is 0 Å². The van der Waals surface area contributed by atoms with Crippen molar-refractivity contribution >= 4 is 17.6 Å². The van der Waals surface area contributed by atoms with Gasteiger partial charge < -0.3 is 21.1 Å². The zero-order valence-corrected chi connectivity index (χ0v) is 17.3. The van der Waals surface area contributed by atoms with E-state index in [1.807, 2.05) is 42.5 Å². The SMILES string of the molecule is CC(=O)N1CCC[C@H](n2nc(-c3ccc(Oc4ccccc4)cc3)c(C(N)=O)c2N)C1.